The van der Waals surface area contributed by atoms with E-state index < -0.39 is 5.97 Å². The zero-order chi connectivity index (χ0) is 21.1. The summed E-state index contributed by atoms with van der Waals surface area (Å²) in [5, 5.41) is 8.78. The molecular formula is C23H23NO5. The fourth-order valence-electron chi connectivity index (χ4n) is 2.50. The Bertz CT molecular complexity index is 879. The van der Waals surface area contributed by atoms with Crippen molar-refractivity contribution in [2.75, 3.05) is 13.2 Å². The highest BCUT2D eigenvalue weighted by molar-refractivity contribution is 6.02. The van der Waals surface area contributed by atoms with Crippen LogP contribution in [0.1, 0.15) is 58.9 Å². The van der Waals surface area contributed by atoms with E-state index in [9.17, 15) is 14.4 Å². The lowest BCUT2D eigenvalue weighted by atomic mass is 10.0. The van der Waals surface area contributed by atoms with Crippen molar-refractivity contribution in [2.45, 2.75) is 32.6 Å². The van der Waals surface area contributed by atoms with Gasteiger partial charge >= 0.3 is 5.97 Å². The van der Waals surface area contributed by atoms with E-state index in [-0.39, 0.29) is 31.0 Å². The minimum atomic E-state index is -0.431. The van der Waals surface area contributed by atoms with Crippen molar-refractivity contribution in [3.8, 4) is 11.8 Å². The van der Waals surface area contributed by atoms with Gasteiger partial charge in [0.15, 0.2) is 18.2 Å². The molecule has 0 saturated heterocycles. The Morgan fingerprint density at radius 2 is 1.45 bits per heavy atom. The molecule has 0 spiro atoms. The number of rotatable bonds is 11. The molecule has 0 aliphatic carbocycles. The van der Waals surface area contributed by atoms with Crippen LogP contribution in [-0.4, -0.2) is 30.7 Å². The Morgan fingerprint density at radius 1 is 0.897 bits per heavy atom. The molecule has 2 rings (SSSR count). The summed E-state index contributed by atoms with van der Waals surface area (Å²) >= 11 is 0. The van der Waals surface area contributed by atoms with Gasteiger partial charge in [0.25, 0.3) is 0 Å². The van der Waals surface area contributed by atoms with E-state index >= 15 is 0 Å². The molecule has 0 aliphatic heterocycles. The zero-order valence-corrected chi connectivity index (χ0v) is 16.3. The molecule has 29 heavy (non-hydrogen) atoms. The number of esters is 1. The van der Waals surface area contributed by atoms with Gasteiger partial charge in [0, 0.05) is 24.0 Å². The predicted molar refractivity (Wildman–Crippen MR) is 107 cm³/mol. The second kappa shape index (κ2) is 11.4. The number of hydrogen-bond donors (Lipinski definition) is 0. The summed E-state index contributed by atoms with van der Waals surface area (Å²) in [6.07, 6.45) is 1.94. The number of Topliss-reactive ketones (excluding diaryl/α,β-unsaturated/α-hetero) is 2. The second-order valence-corrected chi connectivity index (χ2v) is 6.42. The SMILES string of the molecule is CCCCOC(=O)COc1ccc(C(=O)CCC(=O)c2ccc(C#N)cc2)cc1. The van der Waals surface area contributed by atoms with Gasteiger partial charge in [-0.3, -0.25) is 9.59 Å². The molecule has 150 valence electrons. The Balaban J connectivity index is 1.79. The first-order chi connectivity index (χ1) is 14.0. The van der Waals surface area contributed by atoms with Crippen molar-refractivity contribution >= 4 is 17.5 Å². The summed E-state index contributed by atoms with van der Waals surface area (Å²) in [6, 6.07) is 14.7. The number of nitrogens with zero attached hydrogens (tertiary/aromatic N) is 1. The van der Waals surface area contributed by atoms with Gasteiger partial charge in [-0.25, -0.2) is 4.79 Å². The van der Waals surface area contributed by atoms with Crippen LogP contribution in [0.15, 0.2) is 48.5 Å². The largest absolute Gasteiger partial charge is 0.482 e. The number of carbonyl (C=O) groups is 3. The first-order valence-electron chi connectivity index (χ1n) is 9.48. The number of nitriles is 1. The number of hydrogen-bond acceptors (Lipinski definition) is 6. The van der Waals surface area contributed by atoms with Crippen molar-refractivity contribution in [3.63, 3.8) is 0 Å². The number of ether oxygens (including phenoxy) is 2. The fraction of sp³-hybridized carbons (Fsp3) is 0.304. The smallest absolute Gasteiger partial charge is 0.344 e. The predicted octanol–water partition coefficient (Wildman–Crippen LogP) is 4.13. The maximum atomic E-state index is 12.3. The van der Waals surface area contributed by atoms with E-state index in [4.69, 9.17) is 14.7 Å². The van der Waals surface area contributed by atoms with E-state index in [0.29, 0.717) is 29.0 Å². The number of benzene rings is 2. The molecule has 2 aromatic carbocycles. The van der Waals surface area contributed by atoms with Crippen LogP contribution in [0.25, 0.3) is 0 Å². The second-order valence-electron chi connectivity index (χ2n) is 6.42. The third-order valence-electron chi connectivity index (χ3n) is 4.21. The van der Waals surface area contributed by atoms with Gasteiger partial charge in [-0.2, -0.15) is 5.26 Å². The van der Waals surface area contributed by atoms with Gasteiger partial charge in [-0.05, 0) is 42.8 Å². The summed E-state index contributed by atoms with van der Waals surface area (Å²) < 4.78 is 10.3. The zero-order valence-electron chi connectivity index (χ0n) is 16.3. The van der Waals surface area contributed by atoms with Crippen LogP contribution >= 0.6 is 0 Å². The van der Waals surface area contributed by atoms with E-state index in [0.717, 1.165) is 12.8 Å². The van der Waals surface area contributed by atoms with E-state index in [2.05, 4.69) is 0 Å². The lowest BCUT2D eigenvalue weighted by molar-refractivity contribution is -0.146. The summed E-state index contributed by atoms with van der Waals surface area (Å²) in [4.78, 5) is 36.0. The topological polar surface area (TPSA) is 93.5 Å². The number of ketones is 2. The van der Waals surface area contributed by atoms with Crippen LogP contribution in [0.3, 0.4) is 0 Å². The molecule has 6 nitrogen and oxygen atoms in total. The minimum absolute atomic E-state index is 0.0861. The molecule has 0 N–H and O–H groups in total. The summed E-state index contributed by atoms with van der Waals surface area (Å²) in [7, 11) is 0. The normalized spacial score (nSPS) is 10.1. The molecule has 0 radical (unpaired) electrons. The molecule has 6 heteroatoms. The lowest BCUT2D eigenvalue weighted by Gasteiger charge is -2.07. The molecule has 0 amide bonds. The molecule has 0 unspecified atom stereocenters. The van der Waals surface area contributed by atoms with Crippen LogP contribution in [0.2, 0.25) is 0 Å². The first kappa shape index (κ1) is 21.8. The molecule has 0 aliphatic rings. The standard InChI is InChI=1S/C23H23NO5/c1-2-3-14-28-23(27)16-29-20-10-8-19(9-11-20)22(26)13-12-21(25)18-6-4-17(15-24)5-7-18/h4-11H,2-3,12-14,16H2,1H3. The summed E-state index contributed by atoms with van der Waals surface area (Å²) in [5.74, 6) is -0.274. The Hall–Kier alpha value is -3.46. The van der Waals surface area contributed by atoms with Crippen molar-refractivity contribution in [1.29, 1.82) is 5.26 Å². The Morgan fingerprint density at radius 3 is 1.97 bits per heavy atom. The van der Waals surface area contributed by atoms with Crippen LogP contribution < -0.4 is 4.74 Å². The van der Waals surface area contributed by atoms with E-state index in [1.54, 1.807) is 48.5 Å². The highest BCUT2D eigenvalue weighted by atomic mass is 16.6. The Kier molecular flexibility index (Phi) is 8.58. The van der Waals surface area contributed by atoms with Gasteiger partial charge in [-0.15, -0.1) is 0 Å². The maximum Gasteiger partial charge on any atom is 0.344 e. The third kappa shape index (κ3) is 7.23. The first-order valence-corrected chi connectivity index (χ1v) is 9.48. The average Bonchev–Trinajstić information content (AvgIpc) is 2.76. The van der Waals surface area contributed by atoms with Crippen LogP contribution in [0, 0.1) is 11.3 Å². The maximum absolute atomic E-state index is 12.3. The monoisotopic (exact) mass is 393 g/mol. The van der Waals surface area contributed by atoms with Crippen LogP contribution in [-0.2, 0) is 9.53 Å². The lowest BCUT2D eigenvalue weighted by Crippen LogP contribution is -2.15. The molecule has 0 fully saturated rings. The molecular weight excluding hydrogens is 370 g/mol. The highest BCUT2D eigenvalue weighted by Crippen LogP contribution is 2.15. The number of unbranched alkanes of at least 4 members (excludes halogenated alkanes) is 1. The van der Waals surface area contributed by atoms with Crippen LogP contribution in [0.4, 0.5) is 0 Å². The van der Waals surface area contributed by atoms with Crippen molar-refractivity contribution in [2.24, 2.45) is 0 Å². The molecule has 0 saturated carbocycles. The van der Waals surface area contributed by atoms with Crippen molar-refractivity contribution in [3.05, 3.63) is 65.2 Å². The van der Waals surface area contributed by atoms with E-state index in [1.807, 2.05) is 13.0 Å². The number of carbonyl (C=O) groups excluding carboxylic acids is 3. The van der Waals surface area contributed by atoms with Gasteiger partial charge in [0.1, 0.15) is 5.75 Å². The minimum Gasteiger partial charge on any atom is -0.482 e. The molecule has 0 heterocycles. The molecule has 0 bridgehead atoms. The third-order valence-corrected chi connectivity index (χ3v) is 4.21. The highest BCUT2D eigenvalue weighted by Gasteiger charge is 2.12. The van der Waals surface area contributed by atoms with Crippen molar-refractivity contribution in [1.82, 2.24) is 0 Å². The quantitative estimate of drug-likeness (QED) is 0.324. The fourth-order valence-corrected chi connectivity index (χ4v) is 2.50. The molecule has 0 aromatic heterocycles. The van der Waals surface area contributed by atoms with Gasteiger partial charge in [0.05, 0.1) is 18.2 Å². The molecule has 2 aromatic rings. The van der Waals surface area contributed by atoms with Crippen molar-refractivity contribution < 1.29 is 23.9 Å². The summed E-state index contributed by atoms with van der Waals surface area (Å²) in [5.41, 5.74) is 1.43. The van der Waals surface area contributed by atoms with E-state index in [1.165, 1.54) is 0 Å². The van der Waals surface area contributed by atoms with Gasteiger partial charge in [-0.1, -0.05) is 25.5 Å². The van der Waals surface area contributed by atoms with Crippen LogP contribution in [0.5, 0.6) is 5.75 Å². The van der Waals surface area contributed by atoms with Gasteiger partial charge in [0.2, 0.25) is 0 Å². The summed E-state index contributed by atoms with van der Waals surface area (Å²) in [6.45, 7) is 2.21. The molecule has 0 atom stereocenters. The van der Waals surface area contributed by atoms with Gasteiger partial charge < -0.3 is 9.47 Å². The Labute approximate surface area is 170 Å². The average molecular weight is 393 g/mol.